The maximum Gasteiger partial charge on any atom is 0.265 e. The Balaban J connectivity index is 1.65. The number of hydrogen-bond acceptors (Lipinski definition) is 4. The summed E-state index contributed by atoms with van der Waals surface area (Å²) in [6.45, 7) is 3.05. The molecule has 2 heterocycles. The van der Waals surface area contributed by atoms with Gasteiger partial charge in [-0.15, -0.1) is 11.3 Å². The molecule has 0 radical (unpaired) electrons. The molecule has 3 rings (SSSR count). The van der Waals surface area contributed by atoms with Crippen molar-refractivity contribution in [3.63, 3.8) is 0 Å². The van der Waals surface area contributed by atoms with Gasteiger partial charge in [-0.25, -0.2) is 9.37 Å². The zero-order valence-electron chi connectivity index (χ0n) is 12.9. The number of aliphatic hydroxyl groups excluding tert-OH is 1. The maximum absolute atomic E-state index is 12.9. The molecule has 1 amide bonds. The lowest BCUT2D eigenvalue weighted by Gasteiger charge is -2.16. The molecule has 2 unspecified atom stereocenters. The molecule has 6 heteroatoms. The fourth-order valence-electron chi connectivity index (χ4n) is 2.79. The lowest BCUT2D eigenvalue weighted by molar-refractivity contribution is 0.0767. The van der Waals surface area contributed by atoms with Crippen molar-refractivity contribution in [2.45, 2.75) is 25.9 Å². The van der Waals surface area contributed by atoms with Crippen LogP contribution in [0.5, 0.6) is 0 Å². The predicted molar refractivity (Wildman–Crippen MR) is 87.0 cm³/mol. The van der Waals surface area contributed by atoms with Crippen molar-refractivity contribution in [2.24, 2.45) is 5.92 Å². The third-order valence-corrected chi connectivity index (χ3v) is 5.21. The summed E-state index contributed by atoms with van der Waals surface area (Å²) in [4.78, 5) is 19.2. The standard InChI is InChI=1S/C17H19FN2O2S/c1-11(21)13-6-7-20(10-13)17(22)15-9-19-16(23-15)8-12-2-4-14(18)5-3-12/h2-5,9,11,13,21H,6-8,10H2,1H3. The number of aromatic nitrogens is 1. The zero-order chi connectivity index (χ0) is 16.4. The Bertz CT molecular complexity index is 684. The minimum atomic E-state index is -0.386. The van der Waals surface area contributed by atoms with Gasteiger partial charge in [-0.1, -0.05) is 12.1 Å². The second-order valence-electron chi connectivity index (χ2n) is 5.96. The van der Waals surface area contributed by atoms with E-state index in [1.54, 1.807) is 30.2 Å². The lowest BCUT2D eigenvalue weighted by Crippen LogP contribution is -2.29. The van der Waals surface area contributed by atoms with Crippen molar-refractivity contribution < 1.29 is 14.3 Å². The van der Waals surface area contributed by atoms with Crippen LogP contribution < -0.4 is 0 Å². The second-order valence-corrected chi connectivity index (χ2v) is 7.08. The number of rotatable bonds is 4. The third kappa shape index (κ3) is 3.76. The first-order valence-electron chi connectivity index (χ1n) is 7.69. The molecule has 1 aliphatic rings. The van der Waals surface area contributed by atoms with Crippen molar-refractivity contribution in [1.82, 2.24) is 9.88 Å². The Morgan fingerprint density at radius 1 is 1.48 bits per heavy atom. The Morgan fingerprint density at radius 3 is 2.87 bits per heavy atom. The Labute approximate surface area is 138 Å². The third-order valence-electron chi connectivity index (χ3n) is 4.23. The van der Waals surface area contributed by atoms with Gasteiger partial charge in [-0.3, -0.25) is 4.79 Å². The highest BCUT2D eigenvalue weighted by molar-refractivity contribution is 7.13. The van der Waals surface area contributed by atoms with E-state index in [9.17, 15) is 14.3 Å². The summed E-state index contributed by atoms with van der Waals surface area (Å²) in [5, 5.41) is 10.5. The van der Waals surface area contributed by atoms with E-state index in [-0.39, 0.29) is 23.7 Å². The van der Waals surface area contributed by atoms with Crippen LogP contribution in [0.4, 0.5) is 4.39 Å². The number of thiazole rings is 1. The van der Waals surface area contributed by atoms with E-state index in [0.29, 0.717) is 24.4 Å². The minimum Gasteiger partial charge on any atom is -0.393 e. The number of amides is 1. The van der Waals surface area contributed by atoms with Gasteiger partial charge >= 0.3 is 0 Å². The summed E-state index contributed by atoms with van der Waals surface area (Å²) in [6, 6.07) is 6.31. The van der Waals surface area contributed by atoms with E-state index in [0.717, 1.165) is 17.0 Å². The van der Waals surface area contributed by atoms with E-state index in [1.807, 2.05) is 0 Å². The van der Waals surface area contributed by atoms with Gasteiger partial charge in [0.2, 0.25) is 0 Å². The minimum absolute atomic E-state index is 0.0176. The van der Waals surface area contributed by atoms with Gasteiger partial charge in [0.15, 0.2) is 0 Å². The molecule has 0 aliphatic carbocycles. The molecule has 122 valence electrons. The number of likely N-dealkylation sites (tertiary alicyclic amines) is 1. The Morgan fingerprint density at radius 2 is 2.22 bits per heavy atom. The largest absolute Gasteiger partial charge is 0.393 e. The molecule has 0 saturated carbocycles. The highest BCUT2D eigenvalue weighted by Crippen LogP contribution is 2.24. The van der Waals surface area contributed by atoms with Crippen LogP contribution in [0.2, 0.25) is 0 Å². The smallest absolute Gasteiger partial charge is 0.265 e. The monoisotopic (exact) mass is 334 g/mol. The molecule has 1 saturated heterocycles. The summed E-state index contributed by atoms with van der Waals surface area (Å²) in [5.41, 5.74) is 0.968. The highest BCUT2D eigenvalue weighted by atomic mass is 32.1. The summed E-state index contributed by atoms with van der Waals surface area (Å²) in [7, 11) is 0. The average molecular weight is 334 g/mol. The normalized spacial score (nSPS) is 19.1. The summed E-state index contributed by atoms with van der Waals surface area (Å²) < 4.78 is 12.9. The van der Waals surface area contributed by atoms with E-state index in [2.05, 4.69) is 4.98 Å². The molecule has 4 nitrogen and oxygen atoms in total. The van der Waals surface area contributed by atoms with Crippen LogP contribution in [0.1, 0.15) is 33.6 Å². The lowest BCUT2D eigenvalue weighted by atomic mass is 10.0. The van der Waals surface area contributed by atoms with Crippen LogP contribution in [-0.2, 0) is 6.42 Å². The van der Waals surface area contributed by atoms with Crippen molar-refractivity contribution in [2.75, 3.05) is 13.1 Å². The van der Waals surface area contributed by atoms with E-state index in [4.69, 9.17) is 0 Å². The number of benzene rings is 1. The molecule has 0 spiro atoms. The highest BCUT2D eigenvalue weighted by Gasteiger charge is 2.30. The zero-order valence-corrected chi connectivity index (χ0v) is 13.7. The van der Waals surface area contributed by atoms with Gasteiger partial charge in [-0.05, 0) is 31.0 Å². The molecule has 1 aliphatic heterocycles. The van der Waals surface area contributed by atoms with Crippen molar-refractivity contribution in [3.05, 3.63) is 51.7 Å². The first-order valence-corrected chi connectivity index (χ1v) is 8.51. The first-order chi connectivity index (χ1) is 11.0. The van der Waals surface area contributed by atoms with Crippen molar-refractivity contribution >= 4 is 17.2 Å². The van der Waals surface area contributed by atoms with E-state index in [1.165, 1.54) is 23.5 Å². The Kier molecular flexibility index (Phi) is 4.73. The van der Waals surface area contributed by atoms with Gasteiger partial charge in [-0.2, -0.15) is 0 Å². The molecule has 0 bridgehead atoms. The van der Waals surface area contributed by atoms with Gasteiger partial charge in [0.25, 0.3) is 5.91 Å². The first kappa shape index (κ1) is 16.1. The summed E-state index contributed by atoms with van der Waals surface area (Å²) >= 11 is 1.38. The predicted octanol–water partition coefficient (Wildman–Crippen LogP) is 2.72. The number of carbonyl (C=O) groups excluding carboxylic acids is 1. The fourth-order valence-corrected chi connectivity index (χ4v) is 3.71. The average Bonchev–Trinajstić information content (AvgIpc) is 3.18. The fraction of sp³-hybridized carbons (Fsp3) is 0.412. The van der Waals surface area contributed by atoms with Crippen LogP contribution in [0, 0.1) is 11.7 Å². The number of aliphatic hydroxyl groups is 1. The SMILES string of the molecule is CC(O)C1CCN(C(=O)c2cnc(Cc3ccc(F)cc3)s2)C1. The topological polar surface area (TPSA) is 53.4 Å². The van der Waals surface area contributed by atoms with Gasteiger partial charge < -0.3 is 10.0 Å². The second kappa shape index (κ2) is 6.76. The van der Waals surface area contributed by atoms with Gasteiger partial charge in [0, 0.05) is 25.4 Å². The maximum atomic E-state index is 12.9. The molecule has 2 aromatic rings. The molecule has 1 fully saturated rings. The summed E-state index contributed by atoms with van der Waals surface area (Å²) in [5.74, 6) is -0.119. The molecular weight excluding hydrogens is 315 g/mol. The molecule has 1 aromatic carbocycles. The van der Waals surface area contributed by atoms with Gasteiger partial charge in [0.1, 0.15) is 10.7 Å². The number of carbonyl (C=O) groups is 1. The van der Waals surface area contributed by atoms with Crippen LogP contribution >= 0.6 is 11.3 Å². The van der Waals surface area contributed by atoms with Crippen LogP contribution in [0.3, 0.4) is 0 Å². The van der Waals surface area contributed by atoms with Gasteiger partial charge in [0.05, 0.1) is 17.3 Å². The number of hydrogen-bond donors (Lipinski definition) is 1. The number of halogens is 1. The van der Waals surface area contributed by atoms with Crippen LogP contribution in [0.25, 0.3) is 0 Å². The Hall–Kier alpha value is -1.79. The van der Waals surface area contributed by atoms with E-state index >= 15 is 0 Å². The molecule has 1 N–H and O–H groups in total. The molecule has 2 atom stereocenters. The molecule has 23 heavy (non-hydrogen) atoms. The van der Waals surface area contributed by atoms with E-state index < -0.39 is 0 Å². The quantitative estimate of drug-likeness (QED) is 0.935. The van der Waals surface area contributed by atoms with Crippen molar-refractivity contribution in [1.29, 1.82) is 0 Å². The van der Waals surface area contributed by atoms with Crippen molar-refractivity contribution in [3.8, 4) is 0 Å². The summed E-state index contributed by atoms with van der Waals surface area (Å²) in [6.07, 6.45) is 2.66. The molecule has 1 aromatic heterocycles. The van der Waals surface area contributed by atoms with Crippen LogP contribution in [-0.4, -0.2) is 40.1 Å². The van der Waals surface area contributed by atoms with Crippen LogP contribution in [0.15, 0.2) is 30.5 Å². The molecular formula is C17H19FN2O2S. The number of nitrogens with zero attached hydrogens (tertiary/aromatic N) is 2.